The highest BCUT2D eigenvalue weighted by atomic mass is 16.5. The molecule has 21 heavy (non-hydrogen) atoms. The van der Waals surface area contributed by atoms with Crippen LogP contribution in [0.2, 0.25) is 0 Å². The molecular weight excluding hydrogens is 264 g/mol. The van der Waals surface area contributed by atoms with Gasteiger partial charge in [-0.15, -0.1) is 0 Å². The van der Waals surface area contributed by atoms with Gasteiger partial charge >= 0.3 is 0 Å². The van der Waals surface area contributed by atoms with Crippen molar-refractivity contribution in [2.24, 2.45) is 5.92 Å². The average molecular weight is 292 g/mol. The van der Waals surface area contributed by atoms with Gasteiger partial charge in [0.1, 0.15) is 6.33 Å². The molecule has 1 saturated heterocycles. The van der Waals surface area contributed by atoms with Gasteiger partial charge in [-0.25, -0.2) is 9.97 Å². The lowest BCUT2D eigenvalue weighted by Gasteiger charge is -2.35. The molecule has 0 spiro atoms. The average Bonchev–Trinajstić information content (AvgIpc) is 2.47. The van der Waals surface area contributed by atoms with Crippen molar-refractivity contribution in [3.8, 4) is 5.75 Å². The molecule has 5 heteroatoms. The van der Waals surface area contributed by atoms with Crippen molar-refractivity contribution >= 4 is 5.82 Å². The summed E-state index contributed by atoms with van der Waals surface area (Å²) in [5.74, 6) is 2.54. The van der Waals surface area contributed by atoms with Gasteiger partial charge in [-0.1, -0.05) is 0 Å². The van der Waals surface area contributed by atoms with E-state index in [0.717, 1.165) is 36.3 Å². The molecule has 1 aliphatic rings. The van der Waals surface area contributed by atoms with Crippen LogP contribution in [0.5, 0.6) is 5.75 Å². The van der Waals surface area contributed by atoms with Crippen LogP contribution in [-0.4, -0.2) is 54.7 Å². The Kier molecular flexibility index (Phi) is 5.39. The predicted octanol–water partition coefficient (Wildman–Crippen LogP) is 2.35. The largest absolute Gasteiger partial charge is 0.491 e. The molecular formula is C16H28N4O. The third-order valence-corrected chi connectivity index (χ3v) is 4.51. The van der Waals surface area contributed by atoms with Crippen LogP contribution in [0.25, 0.3) is 0 Å². The van der Waals surface area contributed by atoms with Crippen molar-refractivity contribution in [3.63, 3.8) is 0 Å². The standard InChI is InChI=1S/C16H28N4O/c1-12(2)19(4)10-14-6-8-20(9-7-14)16-15(21-5)13(3)17-11-18-16/h11-12,14H,6-10H2,1-5H3. The molecule has 0 atom stereocenters. The van der Waals surface area contributed by atoms with E-state index < -0.39 is 0 Å². The highest BCUT2D eigenvalue weighted by Crippen LogP contribution is 2.31. The monoisotopic (exact) mass is 292 g/mol. The van der Waals surface area contributed by atoms with Crippen LogP contribution >= 0.6 is 0 Å². The minimum atomic E-state index is 0.618. The Balaban J connectivity index is 1.97. The molecule has 2 heterocycles. The number of hydrogen-bond acceptors (Lipinski definition) is 5. The fourth-order valence-corrected chi connectivity index (χ4v) is 2.86. The number of aryl methyl sites for hydroxylation is 1. The van der Waals surface area contributed by atoms with Gasteiger partial charge < -0.3 is 14.5 Å². The van der Waals surface area contributed by atoms with Crippen molar-refractivity contribution in [2.45, 2.75) is 39.7 Å². The van der Waals surface area contributed by atoms with Crippen LogP contribution in [-0.2, 0) is 0 Å². The lowest BCUT2D eigenvalue weighted by Crippen LogP contribution is -2.40. The molecule has 5 nitrogen and oxygen atoms in total. The van der Waals surface area contributed by atoms with Gasteiger partial charge in [-0.05, 0) is 46.6 Å². The molecule has 118 valence electrons. The van der Waals surface area contributed by atoms with Gasteiger partial charge in [0.25, 0.3) is 0 Å². The van der Waals surface area contributed by atoms with Gasteiger partial charge in [0.15, 0.2) is 11.6 Å². The van der Waals surface area contributed by atoms with E-state index in [9.17, 15) is 0 Å². The molecule has 1 aliphatic heterocycles. The molecule has 0 aliphatic carbocycles. The smallest absolute Gasteiger partial charge is 0.182 e. The molecule has 0 saturated carbocycles. The van der Waals surface area contributed by atoms with E-state index in [4.69, 9.17) is 4.74 Å². The van der Waals surface area contributed by atoms with E-state index in [-0.39, 0.29) is 0 Å². The summed E-state index contributed by atoms with van der Waals surface area (Å²) in [5.41, 5.74) is 0.907. The number of nitrogens with zero attached hydrogens (tertiary/aromatic N) is 4. The second-order valence-corrected chi connectivity index (χ2v) is 6.28. The van der Waals surface area contributed by atoms with Crippen molar-refractivity contribution in [1.82, 2.24) is 14.9 Å². The number of aromatic nitrogens is 2. The van der Waals surface area contributed by atoms with Crippen molar-refractivity contribution < 1.29 is 4.74 Å². The SMILES string of the molecule is COc1c(C)ncnc1N1CCC(CN(C)C(C)C)CC1. The zero-order valence-electron chi connectivity index (χ0n) is 14.0. The molecule has 1 aromatic heterocycles. The lowest BCUT2D eigenvalue weighted by molar-refractivity contribution is 0.210. The lowest BCUT2D eigenvalue weighted by atomic mass is 9.96. The molecule has 0 bridgehead atoms. The molecule has 0 radical (unpaired) electrons. The highest BCUT2D eigenvalue weighted by molar-refractivity contribution is 5.54. The summed E-state index contributed by atoms with van der Waals surface area (Å²) in [5, 5.41) is 0. The van der Waals surface area contributed by atoms with Crippen molar-refractivity contribution in [3.05, 3.63) is 12.0 Å². The maximum atomic E-state index is 5.48. The molecule has 0 unspecified atom stereocenters. The highest BCUT2D eigenvalue weighted by Gasteiger charge is 2.24. The fourth-order valence-electron chi connectivity index (χ4n) is 2.86. The topological polar surface area (TPSA) is 41.5 Å². The van der Waals surface area contributed by atoms with Crippen LogP contribution in [0.3, 0.4) is 0 Å². The molecule has 0 N–H and O–H groups in total. The van der Waals surface area contributed by atoms with Gasteiger partial charge in [-0.2, -0.15) is 0 Å². The minimum absolute atomic E-state index is 0.618. The van der Waals surface area contributed by atoms with E-state index in [1.165, 1.54) is 19.4 Å². The second-order valence-electron chi connectivity index (χ2n) is 6.28. The van der Waals surface area contributed by atoms with E-state index in [2.05, 4.69) is 40.7 Å². The Morgan fingerprint density at radius 3 is 2.57 bits per heavy atom. The fraction of sp³-hybridized carbons (Fsp3) is 0.750. The normalized spacial score (nSPS) is 16.8. The summed E-state index contributed by atoms with van der Waals surface area (Å²) in [6.07, 6.45) is 4.05. The van der Waals surface area contributed by atoms with Crippen LogP contribution in [0.15, 0.2) is 6.33 Å². The maximum Gasteiger partial charge on any atom is 0.182 e. The number of hydrogen-bond donors (Lipinski definition) is 0. The summed E-state index contributed by atoms with van der Waals surface area (Å²) >= 11 is 0. The van der Waals surface area contributed by atoms with Gasteiger partial charge in [0, 0.05) is 25.7 Å². The van der Waals surface area contributed by atoms with Gasteiger partial charge in [0.05, 0.1) is 12.8 Å². The molecule has 1 aromatic rings. The van der Waals surface area contributed by atoms with Gasteiger partial charge in [-0.3, -0.25) is 0 Å². The third kappa shape index (κ3) is 3.84. The first-order chi connectivity index (χ1) is 10.0. The Hall–Kier alpha value is -1.36. The zero-order chi connectivity index (χ0) is 15.4. The summed E-state index contributed by atoms with van der Waals surface area (Å²) < 4.78 is 5.48. The van der Waals surface area contributed by atoms with Gasteiger partial charge in [0.2, 0.25) is 0 Å². The van der Waals surface area contributed by atoms with Crippen LogP contribution < -0.4 is 9.64 Å². The summed E-state index contributed by atoms with van der Waals surface area (Å²) in [6, 6.07) is 0.618. The quantitative estimate of drug-likeness (QED) is 0.833. The molecule has 0 amide bonds. The zero-order valence-corrected chi connectivity index (χ0v) is 14.0. The summed E-state index contributed by atoms with van der Waals surface area (Å²) in [7, 11) is 3.91. The maximum absolute atomic E-state index is 5.48. The van der Waals surface area contributed by atoms with Crippen molar-refractivity contribution in [1.29, 1.82) is 0 Å². The Bertz CT molecular complexity index is 456. The first-order valence-corrected chi connectivity index (χ1v) is 7.83. The number of methoxy groups -OCH3 is 1. The Morgan fingerprint density at radius 2 is 2.00 bits per heavy atom. The van der Waals surface area contributed by atoms with E-state index in [0.29, 0.717) is 6.04 Å². The summed E-state index contributed by atoms with van der Waals surface area (Å²) in [4.78, 5) is 13.4. The third-order valence-electron chi connectivity index (χ3n) is 4.51. The van der Waals surface area contributed by atoms with Crippen LogP contribution in [0.4, 0.5) is 5.82 Å². The summed E-state index contributed by atoms with van der Waals surface area (Å²) in [6.45, 7) is 9.75. The number of rotatable bonds is 5. The van der Waals surface area contributed by atoms with Crippen molar-refractivity contribution in [2.75, 3.05) is 38.7 Å². The molecule has 2 rings (SSSR count). The number of piperidine rings is 1. The van der Waals surface area contributed by atoms with E-state index >= 15 is 0 Å². The van der Waals surface area contributed by atoms with Crippen LogP contribution in [0, 0.1) is 12.8 Å². The minimum Gasteiger partial charge on any atom is -0.491 e. The number of ether oxygens (including phenoxy) is 1. The first-order valence-electron chi connectivity index (χ1n) is 7.83. The Labute approximate surface area is 128 Å². The molecule has 0 aromatic carbocycles. The predicted molar refractivity (Wildman–Crippen MR) is 86.0 cm³/mol. The van der Waals surface area contributed by atoms with Crippen LogP contribution in [0.1, 0.15) is 32.4 Å². The first kappa shape index (κ1) is 16.0. The van der Waals surface area contributed by atoms with E-state index in [1.807, 2.05) is 6.92 Å². The molecule has 1 fully saturated rings. The number of anilines is 1. The van der Waals surface area contributed by atoms with E-state index in [1.54, 1.807) is 13.4 Å². The second kappa shape index (κ2) is 7.07. The Morgan fingerprint density at radius 1 is 1.33 bits per heavy atom.